The Morgan fingerprint density at radius 2 is 2.00 bits per heavy atom. The highest BCUT2D eigenvalue weighted by molar-refractivity contribution is 9.10. The lowest BCUT2D eigenvalue weighted by Gasteiger charge is -2.18. The molecule has 1 aliphatic rings. The van der Waals surface area contributed by atoms with Gasteiger partial charge in [0.25, 0.3) is 5.91 Å². The van der Waals surface area contributed by atoms with Crippen molar-refractivity contribution in [2.45, 2.75) is 0 Å². The van der Waals surface area contributed by atoms with E-state index in [0.29, 0.717) is 10.6 Å². The number of carbonyl (C=O) groups is 1. The summed E-state index contributed by atoms with van der Waals surface area (Å²) in [5, 5.41) is 11.8. The van der Waals surface area contributed by atoms with Crippen molar-refractivity contribution < 1.29 is 14.4 Å². The average Bonchev–Trinajstić information content (AvgIpc) is 2.55. The summed E-state index contributed by atoms with van der Waals surface area (Å²) in [6.45, 7) is -0.323. The Labute approximate surface area is 127 Å². The molecule has 4 nitrogen and oxygen atoms in total. The highest BCUT2D eigenvalue weighted by Gasteiger charge is 2.20. The van der Waals surface area contributed by atoms with Crippen molar-refractivity contribution in [2.24, 2.45) is 4.99 Å². The van der Waals surface area contributed by atoms with Gasteiger partial charge in [-0.3, -0.25) is 10.0 Å². The van der Waals surface area contributed by atoms with Gasteiger partial charge in [-0.2, -0.15) is 0 Å². The Morgan fingerprint density at radius 1 is 1.24 bits per heavy atom. The van der Waals surface area contributed by atoms with Crippen molar-refractivity contribution in [3.05, 3.63) is 68.9 Å². The van der Waals surface area contributed by atoms with Gasteiger partial charge in [0, 0.05) is 15.3 Å². The molecule has 1 heterocycles. The predicted molar refractivity (Wildman–Crippen MR) is 77.3 cm³/mol. The van der Waals surface area contributed by atoms with Crippen LogP contribution in [-0.2, 0) is 4.79 Å². The Bertz CT molecular complexity index is 851. The molecule has 0 spiro atoms. The SMILES string of the molecule is O=C1CN(O)C(c2ccccc2F)=c2cc(Br)ccc2=N1. The summed E-state index contributed by atoms with van der Waals surface area (Å²) in [6.07, 6.45) is 0. The lowest BCUT2D eigenvalue weighted by Crippen LogP contribution is -2.32. The topological polar surface area (TPSA) is 52.9 Å². The quantitative estimate of drug-likeness (QED) is 0.851. The number of rotatable bonds is 1. The Hall–Kier alpha value is -2.05. The van der Waals surface area contributed by atoms with E-state index in [2.05, 4.69) is 20.9 Å². The molecule has 1 amide bonds. The third-order valence-corrected chi connectivity index (χ3v) is 3.62. The van der Waals surface area contributed by atoms with Gasteiger partial charge < -0.3 is 0 Å². The van der Waals surface area contributed by atoms with Crippen molar-refractivity contribution in [3.63, 3.8) is 0 Å². The number of nitrogens with zero attached hydrogens (tertiary/aromatic N) is 2. The van der Waals surface area contributed by atoms with E-state index in [4.69, 9.17) is 0 Å². The zero-order valence-electron chi connectivity index (χ0n) is 10.8. The van der Waals surface area contributed by atoms with E-state index in [0.717, 1.165) is 9.54 Å². The second kappa shape index (κ2) is 5.38. The van der Waals surface area contributed by atoms with Crippen molar-refractivity contribution in [1.82, 2.24) is 5.06 Å². The molecule has 1 N–H and O–H groups in total. The molecule has 0 saturated heterocycles. The van der Waals surface area contributed by atoms with Gasteiger partial charge in [-0.15, -0.1) is 0 Å². The molecule has 21 heavy (non-hydrogen) atoms. The van der Waals surface area contributed by atoms with Crippen LogP contribution in [0.15, 0.2) is 51.9 Å². The molecule has 6 heteroatoms. The van der Waals surface area contributed by atoms with Crippen molar-refractivity contribution in [3.8, 4) is 0 Å². The summed E-state index contributed by atoms with van der Waals surface area (Å²) in [4.78, 5) is 15.6. The molecule has 2 aromatic rings. The maximum atomic E-state index is 14.1. The van der Waals surface area contributed by atoms with Crippen LogP contribution >= 0.6 is 15.9 Å². The van der Waals surface area contributed by atoms with Crippen LogP contribution in [0.1, 0.15) is 5.56 Å². The maximum Gasteiger partial charge on any atom is 0.268 e. The summed E-state index contributed by atoms with van der Waals surface area (Å²) in [5.41, 5.74) is 0.434. The van der Waals surface area contributed by atoms with E-state index in [1.165, 1.54) is 6.07 Å². The summed E-state index contributed by atoms with van der Waals surface area (Å²) >= 11 is 3.34. The highest BCUT2D eigenvalue weighted by Crippen LogP contribution is 2.19. The summed E-state index contributed by atoms with van der Waals surface area (Å²) in [7, 11) is 0. The fourth-order valence-corrected chi connectivity index (χ4v) is 2.61. The molecule has 0 bridgehead atoms. The largest absolute Gasteiger partial charge is 0.288 e. The minimum Gasteiger partial charge on any atom is -0.288 e. The Morgan fingerprint density at radius 3 is 2.76 bits per heavy atom. The Kier molecular flexibility index (Phi) is 3.57. The van der Waals surface area contributed by atoms with E-state index in [-0.39, 0.29) is 17.8 Å². The smallest absolute Gasteiger partial charge is 0.268 e. The first-order valence-corrected chi connectivity index (χ1v) is 6.98. The molecule has 2 aromatic carbocycles. The fraction of sp³-hybridized carbons (Fsp3) is 0.0667. The maximum absolute atomic E-state index is 14.1. The first-order chi connectivity index (χ1) is 10.1. The van der Waals surface area contributed by atoms with Gasteiger partial charge in [0.2, 0.25) is 0 Å². The highest BCUT2D eigenvalue weighted by atomic mass is 79.9. The van der Waals surface area contributed by atoms with Gasteiger partial charge in [-0.1, -0.05) is 28.1 Å². The molecular formula is C15H10BrFN2O2. The summed E-state index contributed by atoms with van der Waals surface area (Å²) in [5.74, 6) is -0.973. The van der Waals surface area contributed by atoms with Crippen LogP contribution in [0, 0.1) is 5.82 Å². The molecule has 0 fully saturated rings. The molecule has 0 atom stereocenters. The normalized spacial score (nSPS) is 14.5. The van der Waals surface area contributed by atoms with Gasteiger partial charge in [0.15, 0.2) is 0 Å². The molecular weight excluding hydrogens is 339 g/mol. The van der Waals surface area contributed by atoms with Gasteiger partial charge in [-0.25, -0.2) is 14.4 Å². The van der Waals surface area contributed by atoms with Crippen LogP contribution in [0.2, 0.25) is 0 Å². The van der Waals surface area contributed by atoms with Gasteiger partial charge in [0.05, 0.1) is 11.1 Å². The lowest BCUT2D eigenvalue weighted by atomic mass is 10.1. The second-order valence-corrected chi connectivity index (χ2v) is 5.47. The number of fused-ring (bicyclic) bond motifs is 1. The van der Waals surface area contributed by atoms with E-state index < -0.39 is 11.7 Å². The number of halogens is 2. The van der Waals surface area contributed by atoms with Crippen LogP contribution in [0.3, 0.4) is 0 Å². The number of hydroxylamine groups is 2. The third kappa shape index (κ3) is 2.59. The van der Waals surface area contributed by atoms with E-state index in [9.17, 15) is 14.4 Å². The van der Waals surface area contributed by atoms with Crippen molar-refractivity contribution in [1.29, 1.82) is 0 Å². The molecule has 0 radical (unpaired) electrons. The van der Waals surface area contributed by atoms with Crippen LogP contribution in [0.4, 0.5) is 4.39 Å². The van der Waals surface area contributed by atoms with Crippen LogP contribution in [0.25, 0.3) is 5.70 Å². The van der Waals surface area contributed by atoms with Crippen LogP contribution in [-0.4, -0.2) is 22.7 Å². The van der Waals surface area contributed by atoms with Crippen molar-refractivity contribution in [2.75, 3.05) is 6.54 Å². The number of amides is 1. The first-order valence-electron chi connectivity index (χ1n) is 6.19. The van der Waals surface area contributed by atoms with Gasteiger partial charge in [0.1, 0.15) is 12.4 Å². The molecule has 106 valence electrons. The lowest BCUT2D eigenvalue weighted by molar-refractivity contribution is -0.125. The van der Waals surface area contributed by atoms with E-state index >= 15 is 0 Å². The summed E-state index contributed by atoms with van der Waals surface area (Å²) < 4.78 is 14.8. The minimum atomic E-state index is -0.493. The minimum absolute atomic E-state index is 0.212. The van der Waals surface area contributed by atoms with E-state index in [1.54, 1.807) is 36.4 Å². The average molecular weight is 349 g/mol. The number of benzene rings is 2. The standard InChI is InChI=1S/C15H10BrFN2O2/c16-9-5-6-13-11(7-9)15(19(21)8-14(20)18-13)10-3-1-2-4-12(10)17/h1-7,21H,8H2. The molecule has 0 aliphatic carbocycles. The molecule has 0 unspecified atom stereocenters. The Balaban J connectivity index is 2.46. The summed E-state index contributed by atoms with van der Waals surface area (Å²) in [6, 6.07) is 11.2. The van der Waals surface area contributed by atoms with Crippen molar-refractivity contribution >= 4 is 27.5 Å². The van der Waals surface area contributed by atoms with Gasteiger partial charge >= 0.3 is 0 Å². The molecule has 0 aromatic heterocycles. The fourth-order valence-electron chi connectivity index (χ4n) is 2.25. The molecule has 3 rings (SSSR count). The number of carbonyl (C=O) groups excluding carboxylic acids is 1. The van der Waals surface area contributed by atoms with Gasteiger partial charge in [-0.05, 0) is 30.3 Å². The van der Waals surface area contributed by atoms with E-state index in [1.807, 2.05) is 0 Å². The zero-order valence-corrected chi connectivity index (χ0v) is 12.3. The van der Waals surface area contributed by atoms with Crippen LogP contribution < -0.4 is 10.6 Å². The molecule has 0 saturated carbocycles. The molecule has 1 aliphatic heterocycles. The third-order valence-electron chi connectivity index (χ3n) is 3.13. The predicted octanol–water partition coefficient (Wildman–Crippen LogP) is 1.60. The monoisotopic (exact) mass is 348 g/mol. The second-order valence-electron chi connectivity index (χ2n) is 4.55. The number of hydrogen-bond donors (Lipinski definition) is 1. The zero-order chi connectivity index (χ0) is 15.0. The van der Waals surface area contributed by atoms with Crippen LogP contribution in [0.5, 0.6) is 0 Å². The number of hydrogen-bond acceptors (Lipinski definition) is 3. The first kappa shape index (κ1) is 13.9.